The second-order valence-electron chi connectivity index (χ2n) is 6.56. The quantitative estimate of drug-likeness (QED) is 0.841. The molecule has 130 valence electrons. The first-order chi connectivity index (χ1) is 11.7. The topological polar surface area (TPSA) is 51.3 Å². The second-order valence-corrected chi connectivity index (χ2v) is 6.56. The van der Waals surface area contributed by atoms with Gasteiger partial charge in [0.1, 0.15) is 11.5 Å². The van der Waals surface area contributed by atoms with Crippen molar-refractivity contribution in [3.05, 3.63) is 41.6 Å². The second kappa shape index (κ2) is 7.69. The molecule has 24 heavy (non-hydrogen) atoms. The summed E-state index contributed by atoms with van der Waals surface area (Å²) < 4.78 is 7.81. The molecular formula is C19H27N3O2. The molecule has 0 aliphatic carbocycles. The highest BCUT2D eigenvalue weighted by Gasteiger charge is 2.28. The van der Waals surface area contributed by atoms with Crippen LogP contribution in [0, 0.1) is 0 Å². The van der Waals surface area contributed by atoms with Gasteiger partial charge in [0, 0.05) is 38.3 Å². The highest BCUT2D eigenvalue weighted by atomic mass is 16.3. The van der Waals surface area contributed by atoms with Gasteiger partial charge in [0.05, 0.1) is 6.04 Å². The molecule has 1 aliphatic heterocycles. The molecule has 1 unspecified atom stereocenters. The fourth-order valence-electron chi connectivity index (χ4n) is 3.49. The summed E-state index contributed by atoms with van der Waals surface area (Å²) in [6.45, 7) is 2.92. The summed E-state index contributed by atoms with van der Waals surface area (Å²) in [7, 11) is 1.92. The summed E-state index contributed by atoms with van der Waals surface area (Å²) in [5.41, 5.74) is 1.10. The Balaban J connectivity index is 1.71. The molecule has 1 amide bonds. The molecule has 2 aromatic rings. The van der Waals surface area contributed by atoms with E-state index in [2.05, 4.69) is 18.1 Å². The van der Waals surface area contributed by atoms with Gasteiger partial charge in [-0.2, -0.15) is 5.10 Å². The molecular weight excluding hydrogens is 302 g/mol. The number of aromatic nitrogens is 2. The number of amides is 1. The maximum absolute atomic E-state index is 12.9. The van der Waals surface area contributed by atoms with Crippen LogP contribution in [0.1, 0.15) is 62.3 Å². The smallest absolute Gasteiger partial charge is 0.223 e. The number of furan rings is 1. The highest BCUT2D eigenvalue weighted by molar-refractivity contribution is 5.77. The van der Waals surface area contributed by atoms with E-state index >= 15 is 0 Å². The summed E-state index contributed by atoms with van der Waals surface area (Å²) in [5.74, 6) is 2.16. The van der Waals surface area contributed by atoms with Crippen molar-refractivity contribution < 1.29 is 9.21 Å². The number of rotatable bonds is 5. The Bertz CT molecular complexity index is 674. The Morgan fingerprint density at radius 2 is 2.17 bits per heavy atom. The van der Waals surface area contributed by atoms with E-state index in [0.29, 0.717) is 6.42 Å². The average molecular weight is 329 g/mol. The molecule has 0 radical (unpaired) electrons. The van der Waals surface area contributed by atoms with Gasteiger partial charge in [0.15, 0.2) is 0 Å². The third-order valence-electron chi connectivity index (χ3n) is 4.95. The predicted octanol–water partition coefficient (Wildman–Crippen LogP) is 3.65. The maximum atomic E-state index is 12.9. The molecule has 1 saturated heterocycles. The van der Waals surface area contributed by atoms with E-state index < -0.39 is 0 Å². The van der Waals surface area contributed by atoms with Crippen LogP contribution >= 0.6 is 0 Å². The largest absolute Gasteiger partial charge is 0.464 e. The van der Waals surface area contributed by atoms with Gasteiger partial charge in [0.2, 0.25) is 5.91 Å². The van der Waals surface area contributed by atoms with Crippen molar-refractivity contribution in [3.63, 3.8) is 0 Å². The first-order valence-electron chi connectivity index (χ1n) is 9.04. The molecule has 5 nitrogen and oxygen atoms in total. The summed E-state index contributed by atoms with van der Waals surface area (Å²) in [6.07, 6.45) is 8.34. The van der Waals surface area contributed by atoms with Crippen LogP contribution in [0.3, 0.4) is 0 Å². The van der Waals surface area contributed by atoms with Crippen LogP contribution < -0.4 is 0 Å². The van der Waals surface area contributed by atoms with Gasteiger partial charge in [-0.15, -0.1) is 0 Å². The van der Waals surface area contributed by atoms with Gasteiger partial charge in [-0.1, -0.05) is 19.8 Å². The van der Waals surface area contributed by atoms with E-state index in [-0.39, 0.29) is 11.9 Å². The lowest BCUT2D eigenvalue weighted by Crippen LogP contribution is -2.34. The number of hydrogen-bond acceptors (Lipinski definition) is 3. The van der Waals surface area contributed by atoms with Crippen LogP contribution in [-0.2, 0) is 24.7 Å². The third-order valence-corrected chi connectivity index (χ3v) is 4.95. The molecule has 3 heterocycles. The molecule has 0 saturated carbocycles. The molecule has 2 aromatic heterocycles. The first kappa shape index (κ1) is 16.8. The van der Waals surface area contributed by atoms with Gasteiger partial charge in [-0.3, -0.25) is 9.48 Å². The van der Waals surface area contributed by atoms with Crippen molar-refractivity contribution in [2.45, 2.75) is 57.9 Å². The highest BCUT2D eigenvalue weighted by Crippen LogP contribution is 2.32. The zero-order valence-electron chi connectivity index (χ0n) is 14.7. The van der Waals surface area contributed by atoms with Gasteiger partial charge in [-0.25, -0.2) is 0 Å². The molecule has 5 heteroatoms. The lowest BCUT2D eigenvalue weighted by Gasteiger charge is -2.29. The van der Waals surface area contributed by atoms with Crippen LogP contribution in [-0.4, -0.2) is 27.1 Å². The molecule has 0 spiro atoms. The van der Waals surface area contributed by atoms with Crippen LogP contribution in [0.5, 0.6) is 0 Å². The van der Waals surface area contributed by atoms with Gasteiger partial charge in [-0.05, 0) is 37.5 Å². The lowest BCUT2D eigenvalue weighted by molar-refractivity contribution is -0.134. The van der Waals surface area contributed by atoms with Gasteiger partial charge < -0.3 is 9.32 Å². The molecule has 3 rings (SSSR count). The Morgan fingerprint density at radius 1 is 1.29 bits per heavy atom. The fraction of sp³-hybridized carbons (Fsp3) is 0.579. The fourth-order valence-corrected chi connectivity index (χ4v) is 3.49. The number of aryl methyl sites for hydroxylation is 3. The first-order valence-corrected chi connectivity index (χ1v) is 9.04. The summed E-state index contributed by atoms with van der Waals surface area (Å²) in [4.78, 5) is 14.9. The number of likely N-dealkylation sites (tertiary alicyclic amines) is 1. The van der Waals surface area contributed by atoms with Crippen molar-refractivity contribution in [3.8, 4) is 0 Å². The van der Waals surface area contributed by atoms with Crippen LogP contribution in [0.15, 0.2) is 28.8 Å². The van der Waals surface area contributed by atoms with E-state index in [4.69, 9.17) is 4.42 Å². The molecule has 1 fully saturated rings. The maximum Gasteiger partial charge on any atom is 0.223 e. The minimum Gasteiger partial charge on any atom is -0.464 e. The molecule has 1 aliphatic rings. The Labute approximate surface area is 143 Å². The van der Waals surface area contributed by atoms with Gasteiger partial charge >= 0.3 is 0 Å². The average Bonchev–Trinajstić information content (AvgIpc) is 3.15. The number of carbonyl (C=O) groups excluding carboxylic acids is 1. The van der Waals surface area contributed by atoms with Crippen molar-refractivity contribution in [1.29, 1.82) is 0 Å². The SMILES string of the molecule is CCc1ccc(C2CCCCCN2C(=O)CCc2ccnn2C)o1. The van der Waals surface area contributed by atoms with Crippen molar-refractivity contribution in [1.82, 2.24) is 14.7 Å². The standard InChI is InChI=1S/C19H27N3O2/c1-3-16-9-10-18(24-16)17-7-5-4-6-14-22(17)19(23)11-8-15-12-13-20-21(15)2/h9-10,12-13,17H,3-8,11,14H2,1-2H3. The Morgan fingerprint density at radius 3 is 2.88 bits per heavy atom. The van der Waals surface area contributed by atoms with Crippen LogP contribution in [0.2, 0.25) is 0 Å². The molecule has 1 atom stereocenters. The van der Waals surface area contributed by atoms with Crippen molar-refractivity contribution >= 4 is 5.91 Å². The van der Waals surface area contributed by atoms with Crippen molar-refractivity contribution in [2.75, 3.05) is 6.54 Å². The number of hydrogen-bond donors (Lipinski definition) is 0. The number of nitrogens with zero attached hydrogens (tertiary/aromatic N) is 3. The van der Waals surface area contributed by atoms with E-state index in [9.17, 15) is 4.79 Å². The zero-order valence-corrected chi connectivity index (χ0v) is 14.7. The molecule has 0 N–H and O–H groups in total. The van der Waals surface area contributed by atoms with Crippen LogP contribution in [0.25, 0.3) is 0 Å². The molecule has 0 aromatic carbocycles. The van der Waals surface area contributed by atoms with Gasteiger partial charge in [0.25, 0.3) is 0 Å². The van der Waals surface area contributed by atoms with E-state index in [1.807, 2.05) is 28.8 Å². The summed E-state index contributed by atoms with van der Waals surface area (Å²) in [6, 6.07) is 6.16. The minimum absolute atomic E-state index is 0.0897. The monoisotopic (exact) mass is 329 g/mol. The third kappa shape index (κ3) is 3.71. The van der Waals surface area contributed by atoms with Crippen molar-refractivity contribution in [2.24, 2.45) is 7.05 Å². The zero-order chi connectivity index (χ0) is 16.9. The van der Waals surface area contributed by atoms with Crippen LogP contribution in [0.4, 0.5) is 0 Å². The number of carbonyl (C=O) groups is 1. The van der Waals surface area contributed by atoms with E-state index in [0.717, 1.165) is 55.9 Å². The summed E-state index contributed by atoms with van der Waals surface area (Å²) in [5, 5.41) is 4.17. The normalized spacial score (nSPS) is 18.6. The predicted molar refractivity (Wildman–Crippen MR) is 92.5 cm³/mol. The minimum atomic E-state index is 0.0897. The Hall–Kier alpha value is -2.04. The molecule has 0 bridgehead atoms. The van der Waals surface area contributed by atoms with E-state index in [1.165, 1.54) is 6.42 Å². The lowest BCUT2D eigenvalue weighted by atomic mass is 10.1. The Kier molecular flexibility index (Phi) is 5.38. The van der Waals surface area contributed by atoms with E-state index in [1.54, 1.807) is 6.20 Å². The summed E-state index contributed by atoms with van der Waals surface area (Å²) >= 11 is 0.